The molecule has 1 aliphatic carbocycles. The zero-order valence-corrected chi connectivity index (χ0v) is 10.5. The van der Waals surface area contributed by atoms with Gasteiger partial charge in [-0.3, -0.25) is 0 Å². The van der Waals surface area contributed by atoms with E-state index in [2.05, 4.69) is 29.0 Å². The Morgan fingerprint density at radius 3 is 2.94 bits per heavy atom. The summed E-state index contributed by atoms with van der Waals surface area (Å²) < 4.78 is 2.25. The minimum absolute atomic E-state index is 0.169. The lowest BCUT2D eigenvalue weighted by Crippen LogP contribution is -2.22. The van der Waals surface area contributed by atoms with Crippen LogP contribution in [0.5, 0.6) is 0 Å². The van der Waals surface area contributed by atoms with Crippen molar-refractivity contribution in [3.05, 3.63) is 46.6 Å². The molecule has 2 aromatic rings. The van der Waals surface area contributed by atoms with Gasteiger partial charge in [0.15, 0.2) is 0 Å². The van der Waals surface area contributed by atoms with Crippen LogP contribution in [-0.2, 0) is 13.0 Å². The summed E-state index contributed by atoms with van der Waals surface area (Å²) in [5, 5.41) is 0.813. The molecular weight excluding hydrogens is 232 g/mol. The summed E-state index contributed by atoms with van der Waals surface area (Å²) in [5.74, 6) is 0. The van der Waals surface area contributed by atoms with Crippen molar-refractivity contribution < 1.29 is 0 Å². The highest BCUT2D eigenvalue weighted by atomic mass is 35.5. The number of aromatic nitrogens is 1. The van der Waals surface area contributed by atoms with Gasteiger partial charge in [0, 0.05) is 35.8 Å². The number of fused-ring (bicyclic) bond motifs is 3. The van der Waals surface area contributed by atoms with Crippen LogP contribution in [0.3, 0.4) is 0 Å². The molecule has 1 aromatic carbocycles. The first-order valence-corrected chi connectivity index (χ1v) is 6.25. The van der Waals surface area contributed by atoms with E-state index in [-0.39, 0.29) is 6.04 Å². The second-order valence-corrected chi connectivity index (χ2v) is 5.23. The lowest BCUT2D eigenvalue weighted by molar-refractivity contribution is 0.596. The largest absolute Gasteiger partial charge is 0.346 e. The number of hydrogen-bond donors (Lipinski definition) is 1. The van der Waals surface area contributed by atoms with Gasteiger partial charge in [-0.2, -0.15) is 0 Å². The number of hydrogen-bond acceptors (Lipinski definition) is 1. The highest BCUT2D eigenvalue weighted by molar-refractivity contribution is 6.30. The molecule has 0 saturated carbocycles. The van der Waals surface area contributed by atoms with Gasteiger partial charge in [0.25, 0.3) is 0 Å². The molecule has 0 bridgehead atoms. The van der Waals surface area contributed by atoms with Crippen LogP contribution in [-0.4, -0.2) is 10.6 Å². The third kappa shape index (κ3) is 1.78. The molecular formula is C14H15ClN2. The van der Waals surface area contributed by atoms with Gasteiger partial charge in [-0.05, 0) is 36.2 Å². The first-order valence-electron chi connectivity index (χ1n) is 5.87. The van der Waals surface area contributed by atoms with Crippen molar-refractivity contribution >= 4 is 11.6 Å². The van der Waals surface area contributed by atoms with Crippen molar-refractivity contribution in [1.29, 1.82) is 0 Å². The van der Waals surface area contributed by atoms with Crippen molar-refractivity contribution in [3.8, 4) is 11.3 Å². The van der Waals surface area contributed by atoms with E-state index in [4.69, 9.17) is 17.3 Å². The molecule has 0 amide bonds. The van der Waals surface area contributed by atoms with Gasteiger partial charge in [-0.15, -0.1) is 0 Å². The Hall–Kier alpha value is -1.25. The summed E-state index contributed by atoms with van der Waals surface area (Å²) in [6.45, 7) is 2.89. The Bertz CT molecular complexity index is 570. The first kappa shape index (κ1) is 10.9. The molecule has 0 radical (unpaired) electrons. The summed E-state index contributed by atoms with van der Waals surface area (Å²) in [6.07, 6.45) is 3.11. The Morgan fingerprint density at radius 1 is 1.35 bits per heavy atom. The van der Waals surface area contributed by atoms with Gasteiger partial charge in [0.05, 0.1) is 5.69 Å². The van der Waals surface area contributed by atoms with Gasteiger partial charge in [-0.25, -0.2) is 0 Å². The van der Waals surface area contributed by atoms with E-state index >= 15 is 0 Å². The van der Waals surface area contributed by atoms with Crippen LogP contribution in [0.2, 0.25) is 5.02 Å². The van der Waals surface area contributed by atoms with E-state index in [9.17, 15) is 0 Å². The van der Waals surface area contributed by atoms with Gasteiger partial charge in [-0.1, -0.05) is 17.7 Å². The van der Waals surface area contributed by atoms with Crippen LogP contribution in [0.4, 0.5) is 0 Å². The van der Waals surface area contributed by atoms with Crippen LogP contribution in [0.15, 0.2) is 30.5 Å². The van der Waals surface area contributed by atoms with Crippen molar-refractivity contribution in [2.24, 2.45) is 5.73 Å². The molecule has 3 rings (SSSR count). The summed E-state index contributed by atoms with van der Waals surface area (Å²) in [6, 6.07) is 8.49. The molecule has 1 aliphatic rings. The summed E-state index contributed by atoms with van der Waals surface area (Å²) >= 11 is 6.03. The predicted molar refractivity (Wildman–Crippen MR) is 71.3 cm³/mol. The van der Waals surface area contributed by atoms with Crippen LogP contribution >= 0.6 is 11.6 Å². The molecule has 0 aliphatic heterocycles. The Balaban J connectivity index is 2.10. The lowest BCUT2D eigenvalue weighted by atomic mass is 10.1. The first-order chi connectivity index (χ1) is 8.15. The molecule has 1 atom stereocenters. The van der Waals surface area contributed by atoms with Gasteiger partial charge >= 0.3 is 0 Å². The Labute approximate surface area is 106 Å². The average Bonchev–Trinajstić information content (AvgIpc) is 2.77. The number of nitrogens with two attached hydrogens (primary N) is 1. The number of halogens is 1. The zero-order chi connectivity index (χ0) is 12.0. The quantitative estimate of drug-likeness (QED) is 0.740. The van der Waals surface area contributed by atoms with Crippen LogP contribution in [0.25, 0.3) is 11.3 Å². The number of nitrogens with zero attached hydrogens (tertiary/aromatic N) is 1. The van der Waals surface area contributed by atoms with E-state index in [1.807, 2.05) is 13.0 Å². The van der Waals surface area contributed by atoms with E-state index in [0.29, 0.717) is 0 Å². The molecule has 0 spiro atoms. The molecule has 1 aromatic heterocycles. The van der Waals surface area contributed by atoms with E-state index in [1.54, 1.807) is 0 Å². The van der Waals surface area contributed by atoms with E-state index in [0.717, 1.165) is 18.0 Å². The molecule has 1 unspecified atom stereocenters. The molecule has 3 heteroatoms. The normalized spacial score (nSPS) is 14.5. The third-order valence-electron chi connectivity index (χ3n) is 3.24. The van der Waals surface area contributed by atoms with E-state index < -0.39 is 0 Å². The summed E-state index contributed by atoms with van der Waals surface area (Å²) in [5.41, 5.74) is 11.2. The van der Waals surface area contributed by atoms with Gasteiger partial charge in [0.1, 0.15) is 0 Å². The van der Waals surface area contributed by atoms with Gasteiger partial charge < -0.3 is 10.3 Å². The molecule has 2 N–H and O–H groups in total. The maximum absolute atomic E-state index is 6.03. The van der Waals surface area contributed by atoms with Crippen molar-refractivity contribution in [2.75, 3.05) is 0 Å². The maximum Gasteiger partial charge on any atom is 0.0519 e. The summed E-state index contributed by atoms with van der Waals surface area (Å²) in [7, 11) is 0. The fourth-order valence-corrected chi connectivity index (χ4v) is 2.79. The molecule has 2 nitrogen and oxygen atoms in total. The highest BCUT2D eigenvalue weighted by Gasteiger charge is 2.22. The number of rotatable bonds is 2. The standard InChI is InChI=1S/C14H15ClN2/c1-9(16)8-17-5-4-10-6-11-7-12(15)2-3-13(11)14(10)17/h2-5,7,9H,6,8,16H2,1H3. The van der Waals surface area contributed by atoms with Gasteiger partial charge in [0.2, 0.25) is 0 Å². The fourth-order valence-electron chi connectivity index (χ4n) is 2.60. The number of benzene rings is 1. The monoisotopic (exact) mass is 246 g/mol. The smallest absolute Gasteiger partial charge is 0.0519 e. The van der Waals surface area contributed by atoms with Crippen LogP contribution in [0, 0.1) is 0 Å². The SMILES string of the molecule is CC(N)Cn1ccc2c1-c1ccc(Cl)cc1C2. The van der Waals surface area contributed by atoms with E-state index in [1.165, 1.54) is 22.4 Å². The summed E-state index contributed by atoms with van der Waals surface area (Å²) in [4.78, 5) is 0. The molecule has 88 valence electrons. The van der Waals surface area contributed by atoms with Crippen molar-refractivity contribution in [1.82, 2.24) is 4.57 Å². The zero-order valence-electron chi connectivity index (χ0n) is 9.78. The third-order valence-corrected chi connectivity index (χ3v) is 3.47. The van der Waals surface area contributed by atoms with Crippen LogP contribution in [0.1, 0.15) is 18.1 Å². The lowest BCUT2D eigenvalue weighted by Gasteiger charge is -2.11. The molecule has 17 heavy (non-hydrogen) atoms. The minimum atomic E-state index is 0.169. The second-order valence-electron chi connectivity index (χ2n) is 4.80. The molecule has 1 heterocycles. The Morgan fingerprint density at radius 2 is 2.18 bits per heavy atom. The maximum atomic E-state index is 6.03. The predicted octanol–water partition coefficient (Wildman–Crippen LogP) is 3.06. The van der Waals surface area contributed by atoms with Crippen molar-refractivity contribution in [2.45, 2.75) is 25.9 Å². The van der Waals surface area contributed by atoms with Crippen LogP contribution < -0.4 is 5.73 Å². The highest BCUT2D eigenvalue weighted by Crippen LogP contribution is 2.38. The van der Waals surface area contributed by atoms with Crippen molar-refractivity contribution in [3.63, 3.8) is 0 Å². The minimum Gasteiger partial charge on any atom is -0.346 e. The second kappa shape index (κ2) is 3.90. The fraction of sp³-hybridized carbons (Fsp3) is 0.286. The Kier molecular flexibility index (Phi) is 2.49. The average molecular weight is 247 g/mol. The molecule has 0 saturated heterocycles. The molecule has 0 fully saturated rings. The topological polar surface area (TPSA) is 30.9 Å².